The van der Waals surface area contributed by atoms with Gasteiger partial charge in [-0.05, 0) is 24.5 Å². The van der Waals surface area contributed by atoms with Crippen LogP contribution in [0.3, 0.4) is 0 Å². The second-order valence-electron chi connectivity index (χ2n) is 7.17. The molecule has 0 aliphatic carbocycles. The Bertz CT molecular complexity index is 597. The fourth-order valence-electron chi connectivity index (χ4n) is 2.52. The van der Waals surface area contributed by atoms with E-state index in [1.807, 2.05) is 36.2 Å². The number of carbonyl (C=O) groups excluding carboxylic acids is 1. The normalized spacial score (nSPS) is 16.1. The van der Waals surface area contributed by atoms with Gasteiger partial charge in [-0.1, -0.05) is 38.5 Å². The number of ether oxygens (including phenoxy) is 1. The third-order valence-corrected chi connectivity index (χ3v) is 4.59. The van der Waals surface area contributed by atoms with Crippen LogP contribution in [0.15, 0.2) is 36.0 Å². The first-order valence-corrected chi connectivity index (χ1v) is 8.43. The Morgan fingerprint density at radius 1 is 1.17 bits per heavy atom. The fourth-order valence-corrected chi connectivity index (χ4v) is 2.52. The van der Waals surface area contributed by atoms with Gasteiger partial charge in [0, 0.05) is 32.4 Å². The molecule has 1 saturated heterocycles. The Balaban J connectivity index is 1.92. The number of urea groups is 1. The third-order valence-electron chi connectivity index (χ3n) is 4.59. The van der Waals surface area contributed by atoms with Crippen LogP contribution in [0.25, 0.3) is 0 Å². The van der Waals surface area contributed by atoms with Gasteiger partial charge >= 0.3 is 6.03 Å². The number of allylic oxidation sites excluding steroid dienone is 1. The lowest BCUT2D eigenvalue weighted by Gasteiger charge is -2.36. The number of anilines is 1. The molecule has 2 rings (SSSR count). The highest BCUT2D eigenvalue weighted by atomic mass is 16.5. The Labute approximate surface area is 145 Å². The molecule has 132 valence electrons. The van der Waals surface area contributed by atoms with Crippen molar-refractivity contribution in [2.24, 2.45) is 5.41 Å². The van der Waals surface area contributed by atoms with Crippen molar-refractivity contribution in [3.63, 3.8) is 0 Å². The molecule has 0 atom stereocenters. The third kappa shape index (κ3) is 4.43. The van der Waals surface area contributed by atoms with Crippen molar-refractivity contribution in [2.45, 2.75) is 27.7 Å². The number of nitrogens with one attached hydrogen (secondary N) is 1. The first-order chi connectivity index (χ1) is 11.3. The molecule has 2 amide bonds. The highest BCUT2D eigenvalue weighted by Gasteiger charge is 2.22. The van der Waals surface area contributed by atoms with Crippen molar-refractivity contribution < 1.29 is 9.53 Å². The molecule has 1 aliphatic rings. The van der Waals surface area contributed by atoms with Gasteiger partial charge in [-0.25, -0.2) is 4.79 Å². The van der Waals surface area contributed by atoms with E-state index in [0.29, 0.717) is 13.1 Å². The summed E-state index contributed by atoms with van der Waals surface area (Å²) in [5.41, 5.74) is 2.31. The second kappa shape index (κ2) is 7.60. The molecule has 1 N–H and O–H groups in total. The molecule has 0 aromatic heterocycles. The molecule has 1 heterocycles. The number of nitrogens with zero attached hydrogens (tertiary/aromatic N) is 2. The zero-order valence-electron chi connectivity index (χ0n) is 15.4. The van der Waals surface area contributed by atoms with Gasteiger partial charge in [0.05, 0.1) is 12.8 Å². The lowest BCUT2D eigenvalue weighted by Crippen LogP contribution is -2.51. The average Bonchev–Trinajstić information content (AvgIpc) is 2.58. The number of hydrogen-bond acceptors (Lipinski definition) is 3. The maximum absolute atomic E-state index is 12.3. The van der Waals surface area contributed by atoms with Crippen LogP contribution in [0, 0.1) is 5.41 Å². The van der Waals surface area contributed by atoms with Crippen LogP contribution < -0.4 is 15.0 Å². The van der Waals surface area contributed by atoms with Crippen molar-refractivity contribution in [2.75, 3.05) is 38.2 Å². The lowest BCUT2D eigenvalue weighted by atomic mass is 9.88. The molecule has 0 radical (unpaired) electrons. The maximum Gasteiger partial charge on any atom is 0.321 e. The highest BCUT2D eigenvalue weighted by Crippen LogP contribution is 2.28. The molecule has 1 fully saturated rings. The summed E-state index contributed by atoms with van der Waals surface area (Å²) >= 11 is 0. The molecule has 0 bridgehead atoms. The molecule has 1 aromatic carbocycles. The summed E-state index contributed by atoms with van der Waals surface area (Å²) in [5.74, 6) is 0.874. The summed E-state index contributed by atoms with van der Waals surface area (Å²) in [6, 6.07) is 7.98. The molecule has 0 spiro atoms. The Morgan fingerprint density at radius 2 is 1.79 bits per heavy atom. The van der Waals surface area contributed by atoms with Gasteiger partial charge in [0.1, 0.15) is 5.75 Å². The van der Waals surface area contributed by atoms with Gasteiger partial charge < -0.3 is 19.9 Å². The van der Waals surface area contributed by atoms with E-state index in [1.165, 1.54) is 0 Å². The quantitative estimate of drug-likeness (QED) is 0.922. The largest absolute Gasteiger partial charge is 0.495 e. The predicted molar refractivity (Wildman–Crippen MR) is 98.5 cm³/mol. The standard InChI is InChI=1S/C19H29N3O2/c1-15(19(2,3)4)14-20-18(23)22-12-10-21(11-13-22)16-8-6-7-9-17(16)24-5/h6-9,14H,10-13H2,1-5H3,(H,20,23)/b15-14+. The van der Waals surface area contributed by atoms with E-state index in [0.717, 1.165) is 30.1 Å². The van der Waals surface area contributed by atoms with Crippen LogP contribution in [-0.4, -0.2) is 44.2 Å². The number of methoxy groups -OCH3 is 1. The van der Waals surface area contributed by atoms with Crippen molar-refractivity contribution in [3.8, 4) is 5.75 Å². The number of amides is 2. The number of carbonyl (C=O) groups is 1. The number of para-hydroxylation sites is 2. The molecule has 0 saturated carbocycles. The molecule has 1 aliphatic heterocycles. The summed E-state index contributed by atoms with van der Waals surface area (Å²) in [5, 5.41) is 2.92. The summed E-state index contributed by atoms with van der Waals surface area (Å²) < 4.78 is 5.43. The molecule has 5 heteroatoms. The van der Waals surface area contributed by atoms with Crippen LogP contribution in [0.1, 0.15) is 27.7 Å². The van der Waals surface area contributed by atoms with E-state index in [2.05, 4.69) is 37.1 Å². The summed E-state index contributed by atoms with van der Waals surface area (Å²) in [6.07, 6.45) is 1.83. The predicted octanol–water partition coefficient (Wildman–Crippen LogP) is 3.48. The Morgan fingerprint density at radius 3 is 2.38 bits per heavy atom. The first kappa shape index (κ1) is 18.2. The Kier molecular flexibility index (Phi) is 5.75. The molecular weight excluding hydrogens is 302 g/mol. The molecule has 0 unspecified atom stereocenters. The van der Waals surface area contributed by atoms with Crippen molar-refractivity contribution in [1.29, 1.82) is 0 Å². The summed E-state index contributed by atoms with van der Waals surface area (Å²) in [6.45, 7) is 11.5. The van der Waals surface area contributed by atoms with Crippen LogP contribution in [-0.2, 0) is 0 Å². The summed E-state index contributed by atoms with van der Waals surface area (Å²) in [4.78, 5) is 16.4. The van der Waals surface area contributed by atoms with E-state index in [4.69, 9.17) is 4.74 Å². The Hall–Kier alpha value is -2.17. The second-order valence-corrected chi connectivity index (χ2v) is 7.17. The smallest absolute Gasteiger partial charge is 0.321 e. The monoisotopic (exact) mass is 331 g/mol. The maximum atomic E-state index is 12.3. The molecule has 1 aromatic rings. The van der Waals surface area contributed by atoms with Gasteiger partial charge in [-0.2, -0.15) is 0 Å². The van der Waals surface area contributed by atoms with Gasteiger partial charge in [0.25, 0.3) is 0 Å². The van der Waals surface area contributed by atoms with Crippen molar-refractivity contribution >= 4 is 11.7 Å². The summed E-state index contributed by atoms with van der Waals surface area (Å²) in [7, 11) is 1.69. The van der Waals surface area contributed by atoms with Crippen LogP contribution >= 0.6 is 0 Å². The first-order valence-electron chi connectivity index (χ1n) is 8.43. The highest BCUT2D eigenvalue weighted by molar-refractivity contribution is 5.75. The van der Waals surface area contributed by atoms with Crippen LogP contribution in [0.5, 0.6) is 5.75 Å². The SMILES string of the molecule is COc1ccccc1N1CCN(C(=O)N/C=C(\C)C(C)(C)C)CC1. The van der Waals surface area contributed by atoms with Crippen LogP contribution in [0.4, 0.5) is 10.5 Å². The van der Waals surface area contributed by atoms with Gasteiger partial charge in [-0.15, -0.1) is 0 Å². The van der Waals surface area contributed by atoms with E-state index in [1.54, 1.807) is 7.11 Å². The number of rotatable bonds is 3. The van der Waals surface area contributed by atoms with Gasteiger partial charge in [-0.3, -0.25) is 0 Å². The van der Waals surface area contributed by atoms with Crippen molar-refractivity contribution in [1.82, 2.24) is 10.2 Å². The lowest BCUT2D eigenvalue weighted by molar-refractivity contribution is 0.198. The minimum Gasteiger partial charge on any atom is -0.495 e. The van der Waals surface area contributed by atoms with E-state index in [9.17, 15) is 4.79 Å². The van der Waals surface area contributed by atoms with Gasteiger partial charge in [0.2, 0.25) is 0 Å². The van der Waals surface area contributed by atoms with Crippen molar-refractivity contribution in [3.05, 3.63) is 36.0 Å². The molecular formula is C19H29N3O2. The van der Waals surface area contributed by atoms with Crippen LogP contribution in [0.2, 0.25) is 0 Å². The number of benzene rings is 1. The average molecular weight is 331 g/mol. The van der Waals surface area contributed by atoms with Gasteiger partial charge in [0.15, 0.2) is 0 Å². The minimum atomic E-state index is -0.0294. The zero-order chi connectivity index (χ0) is 17.7. The van der Waals surface area contributed by atoms with E-state index in [-0.39, 0.29) is 11.4 Å². The zero-order valence-corrected chi connectivity index (χ0v) is 15.4. The number of hydrogen-bond donors (Lipinski definition) is 1. The minimum absolute atomic E-state index is 0.0294. The van der Waals surface area contributed by atoms with E-state index < -0.39 is 0 Å². The topological polar surface area (TPSA) is 44.8 Å². The number of piperazine rings is 1. The fraction of sp³-hybridized carbons (Fsp3) is 0.526. The molecule has 24 heavy (non-hydrogen) atoms. The molecule has 5 nitrogen and oxygen atoms in total. The van der Waals surface area contributed by atoms with E-state index >= 15 is 0 Å².